The van der Waals surface area contributed by atoms with Crippen molar-refractivity contribution in [3.63, 3.8) is 0 Å². The molecule has 0 radical (unpaired) electrons. The molecular weight excluding hydrogens is 292 g/mol. The van der Waals surface area contributed by atoms with Gasteiger partial charge in [-0.2, -0.15) is 4.98 Å². The summed E-state index contributed by atoms with van der Waals surface area (Å²) in [6.45, 7) is 4.08. The fraction of sp³-hybridized carbons (Fsp3) is 0.471. The van der Waals surface area contributed by atoms with E-state index in [1.807, 2.05) is 18.2 Å². The second-order valence-corrected chi connectivity index (χ2v) is 5.81. The van der Waals surface area contributed by atoms with Crippen LogP contribution in [0.2, 0.25) is 0 Å². The summed E-state index contributed by atoms with van der Waals surface area (Å²) in [6, 6.07) is 10.2. The highest BCUT2D eigenvalue weighted by Crippen LogP contribution is 2.26. The maximum absolute atomic E-state index is 12.0. The fourth-order valence-corrected chi connectivity index (χ4v) is 2.92. The third kappa shape index (κ3) is 3.96. The van der Waals surface area contributed by atoms with Gasteiger partial charge in [0.25, 0.3) is 0 Å². The Balaban J connectivity index is 1.79. The Kier molecular flexibility index (Phi) is 5.02. The summed E-state index contributed by atoms with van der Waals surface area (Å²) in [5.74, 6) is 1.45. The van der Waals surface area contributed by atoms with Crippen LogP contribution in [-0.2, 0) is 17.8 Å². The van der Waals surface area contributed by atoms with Crippen LogP contribution in [0.1, 0.15) is 43.1 Å². The minimum Gasteiger partial charge on any atom is -0.355 e. The van der Waals surface area contributed by atoms with Crippen molar-refractivity contribution in [3.05, 3.63) is 47.6 Å². The van der Waals surface area contributed by atoms with Gasteiger partial charge in [-0.3, -0.25) is 9.69 Å². The summed E-state index contributed by atoms with van der Waals surface area (Å²) >= 11 is 0. The van der Waals surface area contributed by atoms with E-state index < -0.39 is 0 Å². The zero-order valence-corrected chi connectivity index (χ0v) is 13.4. The number of hydrogen-bond donors (Lipinski definition) is 1. The van der Waals surface area contributed by atoms with Gasteiger partial charge in [0.2, 0.25) is 11.8 Å². The molecule has 6 nitrogen and oxygen atoms in total. The molecule has 1 atom stereocenters. The lowest BCUT2D eigenvalue weighted by Crippen LogP contribution is -2.31. The Morgan fingerprint density at radius 2 is 2.17 bits per heavy atom. The molecule has 2 heterocycles. The molecule has 23 heavy (non-hydrogen) atoms. The zero-order chi connectivity index (χ0) is 16.1. The summed E-state index contributed by atoms with van der Waals surface area (Å²) in [5, 5.41) is 7.01. The molecule has 1 aliphatic heterocycles. The van der Waals surface area contributed by atoms with Gasteiger partial charge in [0.15, 0.2) is 5.82 Å². The van der Waals surface area contributed by atoms with Crippen LogP contribution in [0.5, 0.6) is 0 Å². The number of hydrogen-bond acceptors (Lipinski definition) is 5. The van der Waals surface area contributed by atoms with Crippen LogP contribution in [-0.4, -0.2) is 34.0 Å². The Bertz CT molecular complexity index is 641. The number of nitrogens with zero attached hydrogens (tertiary/aromatic N) is 3. The molecule has 2 aromatic rings. The highest BCUT2D eigenvalue weighted by atomic mass is 16.5. The molecular formula is C17H22N4O2. The average molecular weight is 314 g/mol. The Labute approximate surface area is 135 Å². The van der Waals surface area contributed by atoms with E-state index in [1.165, 1.54) is 0 Å². The maximum Gasteiger partial charge on any atom is 0.226 e. The molecule has 6 heteroatoms. The SMILES string of the molecule is CCCc1nc(CN2CCNC(=O)C[C@H]2c2ccccc2)no1. The van der Waals surface area contributed by atoms with E-state index in [9.17, 15) is 4.79 Å². The molecule has 0 bridgehead atoms. The van der Waals surface area contributed by atoms with Crippen molar-refractivity contribution in [1.82, 2.24) is 20.4 Å². The van der Waals surface area contributed by atoms with Crippen LogP contribution >= 0.6 is 0 Å². The molecule has 0 aliphatic carbocycles. The number of aryl methyl sites for hydroxylation is 1. The van der Waals surface area contributed by atoms with Crippen molar-refractivity contribution in [3.8, 4) is 0 Å². The topological polar surface area (TPSA) is 71.3 Å². The molecule has 0 saturated carbocycles. The predicted octanol–water partition coefficient (Wildman–Crippen LogP) is 2.09. The maximum atomic E-state index is 12.0. The second kappa shape index (κ2) is 7.37. The first kappa shape index (κ1) is 15.7. The Morgan fingerprint density at radius 3 is 2.96 bits per heavy atom. The summed E-state index contributed by atoms with van der Waals surface area (Å²) in [4.78, 5) is 18.7. The number of carbonyl (C=O) groups excluding carboxylic acids is 1. The van der Waals surface area contributed by atoms with Gasteiger partial charge in [-0.1, -0.05) is 42.4 Å². The van der Waals surface area contributed by atoms with Gasteiger partial charge in [-0.05, 0) is 12.0 Å². The molecule has 1 N–H and O–H groups in total. The molecule has 0 spiro atoms. The summed E-state index contributed by atoms with van der Waals surface area (Å²) < 4.78 is 5.27. The molecule has 1 aromatic carbocycles. The van der Waals surface area contributed by atoms with Crippen molar-refractivity contribution in [2.75, 3.05) is 13.1 Å². The van der Waals surface area contributed by atoms with Crippen molar-refractivity contribution < 1.29 is 9.32 Å². The van der Waals surface area contributed by atoms with E-state index in [0.717, 1.165) is 24.9 Å². The van der Waals surface area contributed by atoms with E-state index in [0.29, 0.717) is 31.2 Å². The molecule has 1 fully saturated rings. The number of benzene rings is 1. The van der Waals surface area contributed by atoms with Crippen molar-refractivity contribution in [1.29, 1.82) is 0 Å². The van der Waals surface area contributed by atoms with Crippen LogP contribution in [0.25, 0.3) is 0 Å². The second-order valence-electron chi connectivity index (χ2n) is 5.81. The first-order valence-electron chi connectivity index (χ1n) is 8.13. The summed E-state index contributed by atoms with van der Waals surface area (Å²) in [7, 11) is 0. The van der Waals surface area contributed by atoms with Gasteiger partial charge in [0.05, 0.1) is 6.54 Å². The average Bonchev–Trinajstić information content (AvgIpc) is 2.91. The van der Waals surface area contributed by atoms with Gasteiger partial charge in [-0.15, -0.1) is 0 Å². The Hall–Kier alpha value is -2.21. The molecule has 122 valence electrons. The lowest BCUT2D eigenvalue weighted by atomic mass is 10.0. The molecule has 1 aliphatic rings. The monoisotopic (exact) mass is 314 g/mol. The Morgan fingerprint density at radius 1 is 1.35 bits per heavy atom. The number of nitrogens with one attached hydrogen (secondary N) is 1. The van der Waals surface area contributed by atoms with Gasteiger partial charge >= 0.3 is 0 Å². The minimum absolute atomic E-state index is 0.0341. The number of carbonyl (C=O) groups is 1. The van der Waals surface area contributed by atoms with Gasteiger partial charge in [0.1, 0.15) is 0 Å². The molecule has 0 unspecified atom stereocenters. The molecule has 3 rings (SSSR count). The van der Waals surface area contributed by atoms with E-state index >= 15 is 0 Å². The first-order valence-corrected chi connectivity index (χ1v) is 8.13. The first-order chi connectivity index (χ1) is 11.3. The number of rotatable bonds is 5. The van der Waals surface area contributed by atoms with Gasteiger partial charge in [-0.25, -0.2) is 0 Å². The van der Waals surface area contributed by atoms with E-state index in [1.54, 1.807) is 0 Å². The fourth-order valence-electron chi connectivity index (χ4n) is 2.92. The van der Waals surface area contributed by atoms with Crippen LogP contribution in [0.4, 0.5) is 0 Å². The number of aromatic nitrogens is 2. The lowest BCUT2D eigenvalue weighted by molar-refractivity contribution is -0.121. The smallest absolute Gasteiger partial charge is 0.226 e. The van der Waals surface area contributed by atoms with E-state index in [-0.39, 0.29) is 11.9 Å². The minimum atomic E-state index is 0.0341. The van der Waals surface area contributed by atoms with E-state index in [2.05, 4.69) is 39.4 Å². The largest absolute Gasteiger partial charge is 0.355 e. The standard InChI is InChI=1S/C17H22N4O2/c1-2-6-17-19-15(20-23-17)12-21-10-9-18-16(22)11-14(21)13-7-4-3-5-8-13/h3-5,7-8,14H,2,6,9-12H2,1H3,(H,18,22)/t14-/m0/s1. The molecule has 1 amide bonds. The van der Waals surface area contributed by atoms with Crippen LogP contribution < -0.4 is 5.32 Å². The third-order valence-electron chi connectivity index (χ3n) is 4.04. The van der Waals surface area contributed by atoms with Gasteiger partial charge in [0, 0.05) is 32.0 Å². The molecule has 1 saturated heterocycles. The zero-order valence-electron chi connectivity index (χ0n) is 13.4. The van der Waals surface area contributed by atoms with Gasteiger partial charge < -0.3 is 9.84 Å². The van der Waals surface area contributed by atoms with E-state index in [4.69, 9.17) is 4.52 Å². The predicted molar refractivity (Wildman–Crippen MR) is 85.5 cm³/mol. The lowest BCUT2D eigenvalue weighted by Gasteiger charge is -2.28. The third-order valence-corrected chi connectivity index (χ3v) is 4.04. The van der Waals surface area contributed by atoms with Crippen LogP contribution in [0.15, 0.2) is 34.9 Å². The highest BCUT2D eigenvalue weighted by molar-refractivity contribution is 5.77. The van der Waals surface area contributed by atoms with Crippen molar-refractivity contribution in [2.24, 2.45) is 0 Å². The summed E-state index contributed by atoms with van der Waals surface area (Å²) in [6.07, 6.45) is 2.23. The van der Waals surface area contributed by atoms with Crippen LogP contribution in [0.3, 0.4) is 0 Å². The molecule has 1 aromatic heterocycles. The van der Waals surface area contributed by atoms with Crippen molar-refractivity contribution >= 4 is 5.91 Å². The van der Waals surface area contributed by atoms with Crippen molar-refractivity contribution in [2.45, 2.75) is 38.8 Å². The van der Waals surface area contributed by atoms with Crippen LogP contribution in [0, 0.1) is 0 Å². The number of amides is 1. The quantitative estimate of drug-likeness (QED) is 0.915. The normalized spacial score (nSPS) is 19.3. The summed E-state index contributed by atoms with van der Waals surface area (Å²) in [5.41, 5.74) is 1.14. The highest BCUT2D eigenvalue weighted by Gasteiger charge is 2.27.